The quantitative estimate of drug-likeness (QED) is 0.901. The molecular weight excluding hydrogens is 245 g/mol. The molecule has 0 saturated heterocycles. The van der Waals surface area contributed by atoms with Crippen LogP contribution in [0.3, 0.4) is 0 Å². The summed E-state index contributed by atoms with van der Waals surface area (Å²) in [7, 11) is 0. The largest absolute Gasteiger partial charge is 0.339 e. The van der Waals surface area contributed by atoms with E-state index in [1.165, 1.54) is 12.1 Å². The monoisotopic (exact) mass is 263 g/mol. The van der Waals surface area contributed by atoms with E-state index >= 15 is 0 Å². The second-order valence-corrected chi connectivity index (χ2v) is 4.68. The van der Waals surface area contributed by atoms with Gasteiger partial charge in [-0.25, -0.2) is 4.39 Å². The molecule has 1 aromatic heterocycles. The van der Waals surface area contributed by atoms with Crippen molar-refractivity contribution in [3.05, 3.63) is 35.5 Å². The Balaban J connectivity index is 2.20. The number of halogens is 1. The minimum atomic E-state index is -0.290. The molecule has 0 aliphatic rings. The summed E-state index contributed by atoms with van der Waals surface area (Å²) >= 11 is 0. The van der Waals surface area contributed by atoms with Gasteiger partial charge in [-0.2, -0.15) is 4.98 Å². The number of rotatable bonds is 5. The van der Waals surface area contributed by atoms with E-state index in [1.54, 1.807) is 0 Å². The molecule has 0 radical (unpaired) electrons. The van der Waals surface area contributed by atoms with Gasteiger partial charge in [-0.3, -0.25) is 0 Å². The molecule has 102 valence electrons. The van der Waals surface area contributed by atoms with Gasteiger partial charge in [0.2, 0.25) is 11.7 Å². The summed E-state index contributed by atoms with van der Waals surface area (Å²) < 4.78 is 18.6. The van der Waals surface area contributed by atoms with Crippen LogP contribution in [0.2, 0.25) is 0 Å². The lowest BCUT2D eigenvalue weighted by molar-refractivity contribution is 0.355. The predicted octanol–water partition coefficient (Wildman–Crippen LogP) is 2.90. The fourth-order valence-electron chi connectivity index (χ4n) is 1.87. The van der Waals surface area contributed by atoms with Gasteiger partial charge >= 0.3 is 0 Å². The zero-order chi connectivity index (χ0) is 13.8. The summed E-state index contributed by atoms with van der Waals surface area (Å²) in [4.78, 5) is 4.33. The van der Waals surface area contributed by atoms with E-state index in [1.807, 2.05) is 26.8 Å². The van der Waals surface area contributed by atoms with E-state index in [9.17, 15) is 4.39 Å². The molecule has 19 heavy (non-hydrogen) atoms. The highest BCUT2D eigenvalue weighted by Crippen LogP contribution is 2.21. The fraction of sp³-hybridized carbons (Fsp3) is 0.429. The molecule has 1 N–H and O–H groups in total. The zero-order valence-electron chi connectivity index (χ0n) is 11.4. The van der Waals surface area contributed by atoms with Crippen LogP contribution in [0.15, 0.2) is 22.7 Å². The van der Waals surface area contributed by atoms with Gasteiger partial charge in [0, 0.05) is 18.0 Å². The highest BCUT2D eigenvalue weighted by Gasteiger charge is 2.15. The maximum absolute atomic E-state index is 13.3. The topological polar surface area (TPSA) is 51.0 Å². The van der Waals surface area contributed by atoms with Crippen LogP contribution in [0.5, 0.6) is 0 Å². The summed E-state index contributed by atoms with van der Waals surface area (Å²) in [6, 6.07) is 4.72. The van der Waals surface area contributed by atoms with E-state index in [0.29, 0.717) is 17.3 Å². The maximum Gasteiger partial charge on any atom is 0.231 e. The fourth-order valence-corrected chi connectivity index (χ4v) is 1.87. The number of nitrogens with zero attached hydrogens (tertiary/aromatic N) is 2. The first-order valence-corrected chi connectivity index (χ1v) is 6.42. The predicted molar refractivity (Wildman–Crippen MR) is 71.4 cm³/mol. The molecule has 2 rings (SSSR count). The molecule has 0 aliphatic heterocycles. The van der Waals surface area contributed by atoms with Gasteiger partial charge in [0.1, 0.15) is 5.82 Å². The molecule has 1 atom stereocenters. The van der Waals surface area contributed by atoms with Crippen molar-refractivity contribution in [1.29, 1.82) is 0 Å². The first-order valence-electron chi connectivity index (χ1n) is 6.42. The van der Waals surface area contributed by atoms with E-state index in [2.05, 4.69) is 15.5 Å². The molecule has 2 aromatic rings. The first kappa shape index (κ1) is 13.7. The zero-order valence-corrected chi connectivity index (χ0v) is 11.4. The Morgan fingerprint density at radius 2 is 2.16 bits per heavy atom. The smallest absolute Gasteiger partial charge is 0.231 e. The van der Waals surface area contributed by atoms with Crippen LogP contribution in [0.1, 0.15) is 31.2 Å². The third-order valence-corrected chi connectivity index (χ3v) is 2.86. The van der Waals surface area contributed by atoms with Crippen LogP contribution in [0.25, 0.3) is 11.4 Å². The number of nitrogens with one attached hydrogen (secondary N) is 1. The van der Waals surface area contributed by atoms with E-state index in [-0.39, 0.29) is 11.7 Å². The number of hydrogen-bond donors (Lipinski definition) is 1. The van der Waals surface area contributed by atoms with Crippen molar-refractivity contribution in [3.8, 4) is 11.4 Å². The lowest BCUT2D eigenvalue weighted by atomic mass is 10.1. The minimum absolute atomic E-state index is 0.135. The molecule has 4 nitrogen and oxygen atoms in total. The summed E-state index contributed by atoms with van der Waals surface area (Å²) in [5, 5.41) is 7.14. The number of likely N-dealkylation sites (N-methyl/N-ethyl adjacent to an activating group) is 1. The van der Waals surface area contributed by atoms with Crippen LogP contribution < -0.4 is 5.32 Å². The number of aromatic nitrogens is 2. The van der Waals surface area contributed by atoms with Crippen molar-refractivity contribution >= 4 is 0 Å². The van der Waals surface area contributed by atoms with Gasteiger partial charge in [0.05, 0.1) is 0 Å². The van der Waals surface area contributed by atoms with E-state index in [0.717, 1.165) is 18.7 Å². The van der Waals surface area contributed by atoms with Crippen molar-refractivity contribution in [1.82, 2.24) is 15.5 Å². The lowest BCUT2D eigenvalue weighted by Gasteiger charge is -2.05. The third kappa shape index (κ3) is 3.38. The Kier molecular flexibility index (Phi) is 4.27. The molecule has 1 heterocycles. The molecule has 0 spiro atoms. The molecule has 1 aromatic carbocycles. The second-order valence-electron chi connectivity index (χ2n) is 4.68. The molecule has 0 amide bonds. The Labute approximate surface area is 112 Å². The number of hydrogen-bond acceptors (Lipinski definition) is 4. The second kappa shape index (κ2) is 5.93. The van der Waals surface area contributed by atoms with Gasteiger partial charge in [0.15, 0.2) is 0 Å². The lowest BCUT2D eigenvalue weighted by Crippen LogP contribution is -2.19. The molecule has 0 aliphatic carbocycles. The molecule has 0 fully saturated rings. The Hall–Kier alpha value is -1.75. The number of benzene rings is 1. The van der Waals surface area contributed by atoms with E-state index in [4.69, 9.17) is 4.52 Å². The molecule has 0 bridgehead atoms. The molecule has 0 saturated carbocycles. The molecule has 1 unspecified atom stereocenters. The van der Waals surface area contributed by atoms with Gasteiger partial charge < -0.3 is 9.84 Å². The van der Waals surface area contributed by atoms with Crippen molar-refractivity contribution in [2.45, 2.75) is 26.7 Å². The summed E-state index contributed by atoms with van der Waals surface area (Å²) in [5.41, 5.74) is 1.48. The van der Waals surface area contributed by atoms with Crippen molar-refractivity contribution in [2.24, 2.45) is 0 Å². The summed E-state index contributed by atoms with van der Waals surface area (Å²) in [5.74, 6) is 0.844. The number of aryl methyl sites for hydroxylation is 1. The van der Waals surface area contributed by atoms with Crippen molar-refractivity contribution in [3.63, 3.8) is 0 Å². The Morgan fingerprint density at radius 3 is 2.84 bits per heavy atom. The SMILES string of the molecule is CCNCC(C)c1nc(-c2cc(C)cc(F)c2)no1. The van der Waals surface area contributed by atoms with Crippen molar-refractivity contribution in [2.75, 3.05) is 13.1 Å². The Morgan fingerprint density at radius 1 is 1.37 bits per heavy atom. The minimum Gasteiger partial charge on any atom is -0.339 e. The van der Waals surface area contributed by atoms with Gasteiger partial charge in [-0.15, -0.1) is 0 Å². The summed E-state index contributed by atoms with van der Waals surface area (Å²) in [6.07, 6.45) is 0. The average molecular weight is 263 g/mol. The van der Waals surface area contributed by atoms with Gasteiger partial charge in [-0.05, 0) is 37.2 Å². The molecule has 5 heteroatoms. The van der Waals surface area contributed by atoms with E-state index < -0.39 is 0 Å². The van der Waals surface area contributed by atoms with Crippen LogP contribution >= 0.6 is 0 Å². The third-order valence-electron chi connectivity index (χ3n) is 2.86. The van der Waals surface area contributed by atoms with Crippen LogP contribution in [0, 0.1) is 12.7 Å². The normalized spacial score (nSPS) is 12.6. The van der Waals surface area contributed by atoms with Crippen LogP contribution in [0.4, 0.5) is 4.39 Å². The standard InChI is InChI=1S/C14H18FN3O/c1-4-16-8-10(3)14-17-13(18-19-14)11-5-9(2)6-12(15)7-11/h5-7,10,16H,4,8H2,1-3H3. The average Bonchev–Trinajstić information content (AvgIpc) is 2.84. The first-order chi connectivity index (χ1) is 9.10. The maximum atomic E-state index is 13.3. The summed E-state index contributed by atoms with van der Waals surface area (Å²) in [6.45, 7) is 7.56. The van der Waals surface area contributed by atoms with Crippen LogP contribution in [-0.2, 0) is 0 Å². The Bertz CT molecular complexity index is 533. The highest BCUT2D eigenvalue weighted by atomic mass is 19.1. The van der Waals surface area contributed by atoms with Crippen LogP contribution in [-0.4, -0.2) is 23.2 Å². The highest BCUT2D eigenvalue weighted by molar-refractivity contribution is 5.55. The molecular formula is C14H18FN3O. The van der Waals surface area contributed by atoms with Gasteiger partial charge in [0.25, 0.3) is 0 Å². The van der Waals surface area contributed by atoms with Gasteiger partial charge in [-0.1, -0.05) is 19.0 Å². The van der Waals surface area contributed by atoms with Crippen molar-refractivity contribution < 1.29 is 8.91 Å².